The lowest BCUT2D eigenvalue weighted by atomic mass is 10.2. The SMILES string of the molecule is CC(C)Nc1cc(Nc2ccc3ncsc3c2)ncc1-c1nc(C(=O)N2CCN(c3ccncc3)CC2)cs1. The second kappa shape index (κ2) is 11.0. The Morgan fingerprint density at radius 3 is 2.62 bits per heavy atom. The molecule has 0 unspecified atom stereocenters. The molecule has 1 aliphatic rings. The number of thiazole rings is 2. The van der Waals surface area contributed by atoms with Gasteiger partial charge in [0.05, 0.1) is 21.3 Å². The van der Waals surface area contributed by atoms with Gasteiger partial charge in [-0.15, -0.1) is 22.7 Å². The standard InChI is InChI=1S/C28H28N8OS2/c1-18(2)32-23-14-26(33-19-3-4-22-25(13-19)39-17-31-22)30-15-21(23)27-34-24(16-38-27)28(37)36-11-9-35(10-12-36)20-5-7-29-8-6-20/h3-8,13-18H,9-12H2,1-2H3,(H2,30,32,33). The molecule has 1 amide bonds. The van der Waals surface area contributed by atoms with Gasteiger partial charge >= 0.3 is 0 Å². The highest BCUT2D eigenvalue weighted by Crippen LogP contribution is 2.34. The second-order valence-electron chi connectivity index (χ2n) is 9.60. The van der Waals surface area contributed by atoms with E-state index in [-0.39, 0.29) is 11.9 Å². The summed E-state index contributed by atoms with van der Waals surface area (Å²) in [6, 6.07) is 12.3. The summed E-state index contributed by atoms with van der Waals surface area (Å²) in [5, 5.41) is 9.54. The Morgan fingerprint density at radius 1 is 1.00 bits per heavy atom. The maximum Gasteiger partial charge on any atom is 0.273 e. The molecule has 1 saturated heterocycles. The summed E-state index contributed by atoms with van der Waals surface area (Å²) in [5.74, 6) is 0.695. The van der Waals surface area contributed by atoms with Crippen molar-refractivity contribution in [2.24, 2.45) is 0 Å². The van der Waals surface area contributed by atoms with Crippen LogP contribution in [0.4, 0.5) is 22.9 Å². The van der Waals surface area contributed by atoms with Crippen molar-refractivity contribution in [2.45, 2.75) is 19.9 Å². The molecule has 0 aliphatic carbocycles. The first-order valence-corrected chi connectivity index (χ1v) is 14.6. The van der Waals surface area contributed by atoms with Gasteiger partial charge in [0, 0.05) is 79.3 Å². The van der Waals surface area contributed by atoms with Crippen LogP contribution in [-0.4, -0.2) is 63.0 Å². The van der Waals surface area contributed by atoms with Crippen LogP contribution in [0.15, 0.2) is 65.9 Å². The number of amides is 1. The lowest BCUT2D eigenvalue weighted by Crippen LogP contribution is -2.48. The van der Waals surface area contributed by atoms with E-state index >= 15 is 0 Å². The van der Waals surface area contributed by atoms with Crippen LogP contribution in [0.3, 0.4) is 0 Å². The molecule has 1 aliphatic heterocycles. The number of benzene rings is 1. The average molecular weight is 557 g/mol. The lowest BCUT2D eigenvalue weighted by Gasteiger charge is -2.35. The van der Waals surface area contributed by atoms with Crippen molar-refractivity contribution in [1.29, 1.82) is 0 Å². The highest BCUT2D eigenvalue weighted by Gasteiger charge is 2.25. The van der Waals surface area contributed by atoms with E-state index in [0.29, 0.717) is 18.8 Å². The molecule has 5 heterocycles. The Hall–Kier alpha value is -4.09. The summed E-state index contributed by atoms with van der Waals surface area (Å²) in [6.07, 6.45) is 5.41. The number of carbonyl (C=O) groups is 1. The number of pyridine rings is 2. The molecule has 0 saturated carbocycles. The van der Waals surface area contributed by atoms with Crippen LogP contribution in [0.25, 0.3) is 20.8 Å². The van der Waals surface area contributed by atoms with Gasteiger partial charge in [-0.25, -0.2) is 15.0 Å². The van der Waals surface area contributed by atoms with E-state index in [4.69, 9.17) is 4.98 Å². The van der Waals surface area contributed by atoms with Crippen LogP contribution in [0, 0.1) is 0 Å². The number of nitrogens with one attached hydrogen (secondary N) is 2. The van der Waals surface area contributed by atoms with Gasteiger partial charge in [0.2, 0.25) is 0 Å². The molecule has 6 rings (SSSR count). The van der Waals surface area contributed by atoms with Gasteiger partial charge in [0.1, 0.15) is 16.5 Å². The largest absolute Gasteiger partial charge is 0.382 e. The van der Waals surface area contributed by atoms with Gasteiger partial charge in [0.25, 0.3) is 5.91 Å². The molecule has 2 N–H and O–H groups in total. The van der Waals surface area contributed by atoms with Gasteiger partial charge in [0.15, 0.2) is 0 Å². The van der Waals surface area contributed by atoms with Gasteiger partial charge in [-0.2, -0.15) is 0 Å². The Bertz CT molecular complexity index is 1590. The van der Waals surface area contributed by atoms with Crippen LogP contribution in [-0.2, 0) is 0 Å². The van der Waals surface area contributed by atoms with Gasteiger partial charge < -0.3 is 20.4 Å². The molecule has 1 aromatic carbocycles. The summed E-state index contributed by atoms with van der Waals surface area (Å²) >= 11 is 3.07. The first-order valence-electron chi connectivity index (χ1n) is 12.8. The molecule has 1 fully saturated rings. The third-order valence-electron chi connectivity index (χ3n) is 6.50. The molecule has 0 spiro atoms. The molecule has 9 nitrogen and oxygen atoms in total. The molecule has 0 bridgehead atoms. The molecule has 11 heteroatoms. The summed E-state index contributed by atoms with van der Waals surface area (Å²) in [5.41, 5.74) is 7.19. The first-order chi connectivity index (χ1) is 19.0. The molecule has 0 atom stereocenters. The molecule has 0 radical (unpaired) electrons. The van der Waals surface area contributed by atoms with Crippen molar-refractivity contribution in [1.82, 2.24) is 24.8 Å². The van der Waals surface area contributed by atoms with E-state index in [1.807, 2.05) is 52.3 Å². The van der Waals surface area contributed by atoms with Crippen LogP contribution in [0.5, 0.6) is 0 Å². The van der Waals surface area contributed by atoms with E-state index in [1.54, 1.807) is 23.7 Å². The quantitative estimate of drug-likeness (QED) is 0.262. The Morgan fingerprint density at radius 2 is 1.82 bits per heavy atom. The van der Waals surface area contributed by atoms with Crippen LogP contribution in [0.2, 0.25) is 0 Å². The molecule has 39 heavy (non-hydrogen) atoms. The number of carbonyl (C=O) groups excluding carboxylic acids is 1. The summed E-state index contributed by atoms with van der Waals surface area (Å²) < 4.78 is 1.12. The van der Waals surface area contributed by atoms with Crippen molar-refractivity contribution in [3.63, 3.8) is 0 Å². The number of hydrogen-bond acceptors (Lipinski definition) is 10. The zero-order valence-corrected chi connectivity index (χ0v) is 23.3. The minimum absolute atomic E-state index is 0.0325. The first kappa shape index (κ1) is 25.2. The highest BCUT2D eigenvalue weighted by atomic mass is 32.1. The Labute approximate surface area is 234 Å². The second-order valence-corrected chi connectivity index (χ2v) is 11.3. The fraction of sp³-hybridized carbons (Fsp3) is 0.250. The van der Waals surface area contributed by atoms with Crippen LogP contribution >= 0.6 is 22.7 Å². The van der Waals surface area contributed by atoms with Crippen LogP contribution in [0.1, 0.15) is 24.3 Å². The number of rotatable bonds is 7. The summed E-state index contributed by atoms with van der Waals surface area (Å²) in [7, 11) is 0. The van der Waals surface area contributed by atoms with Crippen LogP contribution < -0.4 is 15.5 Å². The third kappa shape index (κ3) is 5.55. The summed E-state index contributed by atoms with van der Waals surface area (Å²) in [6.45, 7) is 7.06. The van der Waals surface area contributed by atoms with Gasteiger partial charge in [-0.3, -0.25) is 9.78 Å². The maximum absolute atomic E-state index is 13.3. The van der Waals surface area contributed by atoms with Crippen molar-refractivity contribution in [2.75, 3.05) is 41.7 Å². The molecule has 5 aromatic rings. The topological polar surface area (TPSA) is 99.2 Å². The van der Waals surface area contributed by atoms with E-state index < -0.39 is 0 Å². The van der Waals surface area contributed by atoms with Crippen molar-refractivity contribution >= 4 is 61.7 Å². The Balaban J connectivity index is 1.18. The fourth-order valence-electron chi connectivity index (χ4n) is 4.59. The number of nitrogens with zero attached hydrogens (tertiary/aromatic N) is 6. The monoisotopic (exact) mass is 556 g/mol. The third-order valence-corrected chi connectivity index (χ3v) is 8.17. The van der Waals surface area contributed by atoms with E-state index in [0.717, 1.165) is 56.8 Å². The smallest absolute Gasteiger partial charge is 0.273 e. The maximum atomic E-state index is 13.3. The summed E-state index contributed by atoms with van der Waals surface area (Å²) in [4.78, 5) is 35.3. The number of hydrogen-bond donors (Lipinski definition) is 2. The zero-order chi connectivity index (χ0) is 26.8. The van der Waals surface area contributed by atoms with Gasteiger partial charge in [-0.05, 0) is 44.2 Å². The number of anilines is 4. The van der Waals surface area contributed by atoms with E-state index in [9.17, 15) is 4.79 Å². The molecular formula is C28H28N8OS2. The van der Waals surface area contributed by atoms with E-state index in [1.165, 1.54) is 11.3 Å². The predicted molar refractivity (Wildman–Crippen MR) is 159 cm³/mol. The Kier molecular flexibility index (Phi) is 7.08. The van der Waals surface area contributed by atoms with Crippen molar-refractivity contribution in [3.8, 4) is 10.6 Å². The molecular weight excluding hydrogens is 528 g/mol. The minimum atomic E-state index is -0.0325. The zero-order valence-electron chi connectivity index (χ0n) is 21.7. The van der Waals surface area contributed by atoms with Crippen molar-refractivity contribution in [3.05, 3.63) is 71.6 Å². The minimum Gasteiger partial charge on any atom is -0.382 e. The van der Waals surface area contributed by atoms with Crippen molar-refractivity contribution < 1.29 is 4.79 Å². The highest BCUT2D eigenvalue weighted by molar-refractivity contribution is 7.16. The number of piperazine rings is 1. The molecule has 4 aromatic heterocycles. The number of fused-ring (bicyclic) bond motifs is 1. The number of aromatic nitrogens is 4. The fourth-order valence-corrected chi connectivity index (χ4v) is 6.12. The average Bonchev–Trinajstić information content (AvgIpc) is 3.63. The van der Waals surface area contributed by atoms with Gasteiger partial charge in [-0.1, -0.05) is 0 Å². The van der Waals surface area contributed by atoms with E-state index in [2.05, 4.69) is 50.4 Å². The normalized spacial score (nSPS) is 13.7. The predicted octanol–water partition coefficient (Wildman–Crippen LogP) is 5.74. The molecule has 198 valence electrons. The lowest BCUT2D eigenvalue weighted by molar-refractivity contribution is 0.0742.